The van der Waals surface area contributed by atoms with Crippen molar-refractivity contribution >= 4 is 18.2 Å². The van der Waals surface area contributed by atoms with E-state index in [1.807, 2.05) is 6.92 Å². The number of nitrogens with zero attached hydrogens (tertiary/aromatic N) is 2. The van der Waals surface area contributed by atoms with Crippen molar-refractivity contribution in [3.05, 3.63) is 34.9 Å². The second-order valence-electron chi connectivity index (χ2n) is 6.11. The summed E-state index contributed by atoms with van der Waals surface area (Å²) >= 11 is 5.21. The van der Waals surface area contributed by atoms with E-state index in [-0.39, 0.29) is 28.2 Å². The Morgan fingerprint density at radius 1 is 1.52 bits per heavy atom. The standard InChI is InChI=1S/C17H20FN3O3S/c1-2-23-16(22)12-6-5-9-20(10-12)11-21-17(25)24-15(19-21)13-7-3-4-8-14(13)18/h3-4,7-8,12H,2,5-6,9-11H2,1H3/p+1/t12-/m1/s1. The fourth-order valence-corrected chi connectivity index (χ4v) is 3.30. The lowest BCUT2D eigenvalue weighted by molar-refractivity contribution is -0.930. The number of likely N-dealkylation sites (tertiary alicyclic amines) is 1. The van der Waals surface area contributed by atoms with Gasteiger partial charge in [-0.3, -0.25) is 4.79 Å². The third-order valence-electron chi connectivity index (χ3n) is 4.32. The van der Waals surface area contributed by atoms with Crippen molar-refractivity contribution in [1.82, 2.24) is 9.78 Å². The fraction of sp³-hybridized carbons (Fsp3) is 0.471. The summed E-state index contributed by atoms with van der Waals surface area (Å²) in [6, 6.07) is 6.28. The molecule has 1 aromatic carbocycles. The zero-order chi connectivity index (χ0) is 17.8. The van der Waals surface area contributed by atoms with Crippen LogP contribution in [0.15, 0.2) is 28.7 Å². The Balaban J connectivity index is 1.72. The molecule has 0 radical (unpaired) electrons. The number of carbonyl (C=O) groups excluding carboxylic acids is 1. The molecule has 134 valence electrons. The first kappa shape index (κ1) is 17.8. The van der Waals surface area contributed by atoms with Crippen molar-refractivity contribution in [2.75, 3.05) is 19.7 Å². The molecule has 2 aromatic rings. The van der Waals surface area contributed by atoms with Crippen molar-refractivity contribution in [3.8, 4) is 11.5 Å². The number of hydrogen-bond acceptors (Lipinski definition) is 5. The molecule has 8 heteroatoms. The van der Waals surface area contributed by atoms with E-state index >= 15 is 0 Å². The molecule has 0 bridgehead atoms. The highest BCUT2D eigenvalue weighted by atomic mass is 32.1. The van der Waals surface area contributed by atoms with Crippen molar-refractivity contribution < 1.29 is 23.2 Å². The van der Waals surface area contributed by atoms with Gasteiger partial charge in [0.25, 0.3) is 4.84 Å². The predicted octanol–water partition coefficient (Wildman–Crippen LogP) is 1.83. The highest BCUT2D eigenvalue weighted by molar-refractivity contribution is 7.71. The molecule has 0 aliphatic carbocycles. The van der Waals surface area contributed by atoms with Crippen LogP contribution in [0.4, 0.5) is 4.39 Å². The number of quaternary nitrogens is 1. The Morgan fingerprint density at radius 3 is 3.08 bits per heavy atom. The summed E-state index contributed by atoms with van der Waals surface area (Å²) in [7, 11) is 0. The van der Waals surface area contributed by atoms with Gasteiger partial charge >= 0.3 is 5.97 Å². The molecule has 3 rings (SSSR count). The van der Waals surface area contributed by atoms with Gasteiger partial charge in [0.15, 0.2) is 6.67 Å². The lowest BCUT2D eigenvalue weighted by Gasteiger charge is -2.28. The maximum absolute atomic E-state index is 13.9. The Kier molecular flexibility index (Phi) is 5.60. The molecule has 0 spiro atoms. The highest BCUT2D eigenvalue weighted by Crippen LogP contribution is 2.20. The average molecular weight is 366 g/mol. The first-order valence-corrected chi connectivity index (χ1v) is 8.82. The number of piperidine rings is 1. The molecule has 1 N–H and O–H groups in total. The van der Waals surface area contributed by atoms with Gasteiger partial charge < -0.3 is 14.1 Å². The summed E-state index contributed by atoms with van der Waals surface area (Å²) in [4.78, 5) is 13.3. The molecule has 0 amide bonds. The fourth-order valence-electron chi connectivity index (χ4n) is 3.12. The molecule has 1 aromatic heterocycles. The summed E-state index contributed by atoms with van der Waals surface area (Å²) < 4.78 is 26.0. The van der Waals surface area contributed by atoms with Crippen LogP contribution < -0.4 is 4.90 Å². The van der Waals surface area contributed by atoms with E-state index in [1.54, 1.807) is 22.9 Å². The van der Waals surface area contributed by atoms with E-state index in [2.05, 4.69) is 5.10 Å². The molecule has 2 atom stereocenters. The number of esters is 1. The molecule has 1 aliphatic heterocycles. The molecular formula is C17H21FN3O3S+. The smallest absolute Gasteiger partial charge is 0.314 e. The first-order valence-electron chi connectivity index (χ1n) is 8.41. The monoisotopic (exact) mass is 366 g/mol. The first-order chi connectivity index (χ1) is 12.1. The normalized spacial score (nSPS) is 20.4. The van der Waals surface area contributed by atoms with Crippen LogP contribution in [0.2, 0.25) is 0 Å². The molecular weight excluding hydrogens is 345 g/mol. The molecule has 0 saturated carbocycles. The summed E-state index contributed by atoms with van der Waals surface area (Å²) in [5.41, 5.74) is 0.283. The average Bonchev–Trinajstić information content (AvgIpc) is 2.96. The number of benzene rings is 1. The van der Waals surface area contributed by atoms with Crippen molar-refractivity contribution in [3.63, 3.8) is 0 Å². The van der Waals surface area contributed by atoms with Gasteiger partial charge in [-0.2, -0.15) is 4.68 Å². The van der Waals surface area contributed by atoms with E-state index < -0.39 is 5.82 Å². The molecule has 1 fully saturated rings. The van der Waals surface area contributed by atoms with Crippen molar-refractivity contribution in [2.45, 2.75) is 26.4 Å². The summed E-state index contributed by atoms with van der Waals surface area (Å²) in [6.45, 7) is 4.27. The Hall–Kier alpha value is -2.06. The van der Waals surface area contributed by atoms with Gasteiger partial charge in [0.1, 0.15) is 11.7 Å². The zero-order valence-electron chi connectivity index (χ0n) is 14.0. The maximum atomic E-state index is 13.9. The van der Waals surface area contributed by atoms with Crippen LogP contribution in [0.5, 0.6) is 0 Å². The van der Waals surface area contributed by atoms with Crippen LogP contribution in [0.3, 0.4) is 0 Å². The Morgan fingerprint density at radius 2 is 2.32 bits per heavy atom. The topological polar surface area (TPSA) is 61.7 Å². The number of rotatable bonds is 5. The van der Waals surface area contributed by atoms with Gasteiger partial charge in [0.2, 0.25) is 5.89 Å². The maximum Gasteiger partial charge on any atom is 0.314 e. The third-order valence-corrected chi connectivity index (χ3v) is 4.62. The lowest BCUT2D eigenvalue weighted by atomic mass is 9.99. The minimum atomic E-state index is -0.404. The number of carbonyl (C=O) groups is 1. The van der Waals surface area contributed by atoms with Gasteiger partial charge in [-0.25, -0.2) is 4.39 Å². The minimum Gasteiger partial charge on any atom is -0.466 e. The largest absolute Gasteiger partial charge is 0.466 e. The van der Waals surface area contributed by atoms with Gasteiger partial charge in [0, 0.05) is 0 Å². The molecule has 2 heterocycles. The van der Waals surface area contributed by atoms with Crippen LogP contribution in [0, 0.1) is 16.6 Å². The summed E-state index contributed by atoms with van der Waals surface area (Å²) in [6.07, 6.45) is 1.77. The SMILES string of the molecule is CCOC(=O)[C@@H]1CCC[NH+](Cn2nc(-c3ccccc3F)oc2=S)C1. The van der Waals surface area contributed by atoms with E-state index in [9.17, 15) is 9.18 Å². The quantitative estimate of drug-likeness (QED) is 0.646. The Labute approximate surface area is 150 Å². The number of nitrogens with one attached hydrogen (secondary N) is 1. The van der Waals surface area contributed by atoms with Crippen LogP contribution in [0.1, 0.15) is 19.8 Å². The highest BCUT2D eigenvalue weighted by Gasteiger charge is 2.30. The minimum absolute atomic E-state index is 0.101. The second kappa shape index (κ2) is 7.88. The summed E-state index contributed by atoms with van der Waals surface area (Å²) in [5.74, 6) is -0.480. The predicted molar refractivity (Wildman–Crippen MR) is 90.8 cm³/mol. The van der Waals surface area contributed by atoms with Crippen molar-refractivity contribution in [1.29, 1.82) is 0 Å². The second-order valence-corrected chi connectivity index (χ2v) is 6.46. The number of hydrogen-bond donors (Lipinski definition) is 1. The van der Waals surface area contributed by atoms with Crippen LogP contribution in [-0.4, -0.2) is 35.4 Å². The van der Waals surface area contributed by atoms with Gasteiger partial charge in [0.05, 0.1) is 25.3 Å². The Bertz CT molecular complexity index is 804. The number of ether oxygens (including phenoxy) is 1. The molecule has 1 saturated heterocycles. The van der Waals surface area contributed by atoms with Crippen LogP contribution in [-0.2, 0) is 16.2 Å². The third kappa shape index (κ3) is 4.13. The van der Waals surface area contributed by atoms with E-state index in [0.717, 1.165) is 19.4 Å². The molecule has 1 aliphatic rings. The molecule has 25 heavy (non-hydrogen) atoms. The van der Waals surface area contributed by atoms with Crippen LogP contribution >= 0.6 is 12.2 Å². The zero-order valence-corrected chi connectivity index (χ0v) is 14.9. The van der Waals surface area contributed by atoms with Gasteiger partial charge in [-0.1, -0.05) is 12.1 Å². The molecule has 6 nitrogen and oxygen atoms in total. The van der Waals surface area contributed by atoms with E-state index in [4.69, 9.17) is 21.4 Å². The van der Waals surface area contributed by atoms with E-state index in [1.165, 1.54) is 11.0 Å². The number of halogens is 1. The number of aromatic nitrogens is 2. The van der Waals surface area contributed by atoms with Gasteiger partial charge in [-0.05, 0) is 44.1 Å². The van der Waals surface area contributed by atoms with E-state index in [0.29, 0.717) is 19.8 Å². The molecule has 1 unspecified atom stereocenters. The lowest BCUT2D eigenvalue weighted by Crippen LogP contribution is -3.13. The van der Waals surface area contributed by atoms with Crippen LogP contribution in [0.25, 0.3) is 11.5 Å². The van der Waals surface area contributed by atoms with Gasteiger partial charge in [-0.15, -0.1) is 5.10 Å². The summed E-state index contributed by atoms with van der Waals surface area (Å²) in [5, 5.41) is 4.31. The van der Waals surface area contributed by atoms with Crippen molar-refractivity contribution in [2.24, 2.45) is 5.92 Å².